The first-order valence-corrected chi connectivity index (χ1v) is 7.70. The number of amides is 1. The van der Waals surface area contributed by atoms with Crippen molar-refractivity contribution in [3.63, 3.8) is 0 Å². The molecule has 3 rings (SSSR count). The molecule has 122 valence electrons. The van der Waals surface area contributed by atoms with Crippen molar-refractivity contribution in [2.24, 2.45) is 0 Å². The third-order valence-corrected chi connectivity index (χ3v) is 3.68. The fourth-order valence-corrected chi connectivity index (χ4v) is 2.50. The van der Waals surface area contributed by atoms with Gasteiger partial charge in [0.05, 0.1) is 0 Å². The molecular weight excluding hydrogens is 302 g/mol. The molecule has 1 aromatic carbocycles. The first-order chi connectivity index (χ1) is 11.7. The number of pyridine rings is 1. The SMILES string of the molecule is CN(Cc1ccccc1)c1ncccc1CNC(=O)c1ccn[nH]1. The van der Waals surface area contributed by atoms with Gasteiger partial charge in [-0.3, -0.25) is 9.89 Å². The minimum Gasteiger partial charge on any atom is -0.355 e. The Morgan fingerprint density at radius 3 is 2.71 bits per heavy atom. The zero-order chi connectivity index (χ0) is 16.8. The van der Waals surface area contributed by atoms with E-state index in [0.717, 1.165) is 17.9 Å². The summed E-state index contributed by atoms with van der Waals surface area (Å²) < 4.78 is 0. The van der Waals surface area contributed by atoms with E-state index in [9.17, 15) is 4.79 Å². The van der Waals surface area contributed by atoms with Gasteiger partial charge in [-0.1, -0.05) is 36.4 Å². The second kappa shape index (κ2) is 7.41. The molecular formula is C18H19N5O. The lowest BCUT2D eigenvalue weighted by molar-refractivity contribution is 0.0946. The van der Waals surface area contributed by atoms with Gasteiger partial charge in [-0.25, -0.2) is 4.98 Å². The standard InChI is InChI=1S/C18H19N5O/c1-23(13-14-6-3-2-4-7-14)17-15(8-5-10-19-17)12-20-18(24)16-9-11-21-22-16/h2-11H,12-13H2,1H3,(H,20,24)(H,21,22). The third kappa shape index (κ3) is 3.78. The summed E-state index contributed by atoms with van der Waals surface area (Å²) in [7, 11) is 2.00. The van der Waals surface area contributed by atoms with Crippen LogP contribution in [0.4, 0.5) is 5.82 Å². The summed E-state index contributed by atoms with van der Waals surface area (Å²) in [6, 6.07) is 15.7. The van der Waals surface area contributed by atoms with Gasteiger partial charge >= 0.3 is 0 Å². The minimum atomic E-state index is -0.187. The van der Waals surface area contributed by atoms with E-state index >= 15 is 0 Å². The van der Waals surface area contributed by atoms with E-state index in [4.69, 9.17) is 0 Å². The molecule has 0 aliphatic rings. The summed E-state index contributed by atoms with van der Waals surface area (Å²) >= 11 is 0. The lowest BCUT2D eigenvalue weighted by Gasteiger charge is -2.21. The summed E-state index contributed by atoms with van der Waals surface area (Å²) in [5, 5.41) is 9.32. The first-order valence-electron chi connectivity index (χ1n) is 7.70. The molecule has 24 heavy (non-hydrogen) atoms. The van der Waals surface area contributed by atoms with E-state index in [1.54, 1.807) is 18.5 Å². The largest absolute Gasteiger partial charge is 0.355 e. The third-order valence-electron chi connectivity index (χ3n) is 3.68. The van der Waals surface area contributed by atoms with Crippen LogP contribution in [0, 0.1) is 0 Å². The molecule has 0 unspecified atom stereocenters. The van der Waals surface area contributed by atoms with Crippen LogP contribution >= 0.6 is 0 Å². The van der Waals surface area contributed by atoms with Crippen LogP contribution in [0.25, 0.3) is 0 Å². The number of benzene rings is 1. The van der Waals surface area contributed by atoms with Gasteiger partial charge in [-0.05, 0) is 17.7 Å². The molecule has 0 bridgehead atoms. The van der Waals surface area contributed by atoms with Crippen molar-refractivity contribution < 1.29 is 4.79 Å². The summed E-state index contributed by atoms with van der Waals surface area (Å²) in [5.74, 6) is 0.666. The molecule has 1 amide bonds. The van der Waals surface area contributed by atoms with Crippen LogP contribution in [0.5, 0.6) is 0 Å². The average molecular weight is 321 g/mol. The van der Waals surface area contributed by atoms with Crippen LogP contribution < -0.4 is 10.2 Å². The molecule has 0 saturated heterocycles. The smallest absolute Gasteiger partial charge is 0.269 e. The maximum absolute atomic E-state index is 12.0. The summed E-state index contributed by atoms with van der Waals surface area (Å²) in [4.78, 5) is 18.6. The Morgan fingerprint density at radius 1 is 1.12 bits per heavy atom. The van der Waals surface area contributed by atoms with Crippen molar-refractivity contribution in [3.8, 4) is 0 Å². The fourth-order valence-electron chi connectivity index (χ4n) is 2.50. The zero-order valence-electron chi connectivity index (χ0n) is 13.4. The minimum absolute atomic E-state index is 0.187. The monoisotopic (exact) mass is 321 g/mol. The Balaban J connectivity index is 1.69. The van der Waals surface area contributed by atoms with Crippen molar-refractivity contribution in [1.82, 2.24) is 20.5 Å². The number of aromatic nitrogens is 3. The first kappa shape index (κ1) is 15.7. The van der Waals surface area contributed by atoms with Crippen LogP contribution in [0.3, 0.4) is 0 Å². The molecule has 0 atom stereocenters. The lowest BCUT2D eigenvalue weighted by atomic mass is 10.2. The number of anilines is 1. The van der Waals surface area contributed by atoms with Gasteiger partial charge in [-0.15, -0.1) is 0 Å². The Kier molecular flexibility index (Phi) is 4.86. The highest BCUT2D eigenvalue weighted by Gasteiger charge is 2.11. The van der Waals surface area contributed by atoms with Crippen molar-refractivity contribution in [1.29, 1.82) is 0 Å². The number of carbonyl (C=O) groups excluding carboxylic acids is 1. The molecule has 0 spiro atoms. The summed E-state index contributed by atoms with van der Waals surface area (Å²) in [6.07, 6.45) is 3.31. The number of carbonyl (C=O) groups is 1. The number of rotatable bonds is 6. The maximum atomic E-state index is 12.0. The van der Waals surface area contributed by atoms with Crippen molar-refractivity contribution >= 4 is 11.7 Å². The van der Waals surface area contributed by atoms with Crippen LogP contribution in [0.1, 0.15) is 21.6 Å². The van der Waals surface area contributed by atoms with Crippen molar-refractivity contribution in [2.75, 3.05) is 11.9 Å². The number of H-pyrrole nitrogens is 1. The predicted molar refractivity (Wildman–Crippen MR) is 92.5 cm³/mol. The van der Waals surface area contributed by atoms with Gasteiger partial charge < -0.3 is 10.2 Å². The molecule has 2 aromatic heterocycles. The van der Waals surface area contributed by atoms with E-state index in [-0.39, 0.29) is 5.91 Å². The molecule has 3 aromatic rings. The molecule has 0 saturated carbocycles. The number of nitrogens with one attached hydrogen (secondary N) is 2. The number of aromatic amines is 1. The zero-order valence-corrected chi connectivity index (χ0v) is 13.4. The van der Waals surface area contributed by atoms with Gasteiger partial charge in [0.15, 0.2) is 0 Å². The second-order valence-electron chi connectivity index (χ2n) is 5.48. The molecule has 2 N–H and O–H groups in total. The molecule has 0 radical (unpaired) electrons. The van der Waals surface area contributed by atoms with E-state index in [1.165, 1.54) is 5.56 Å². The topological polar surface area (TPSA) is 73.9 Å². The Bertz CT molecular complexity index is 786. The molecule has 2 heterocycles. The van der Waals surface area contributed by atoms with Crippen LogP contribution in [-0.2, 0) is 13.1 Å². The lowest BCUT2D eigenvalue weighted by Crippen LogP contribution is -2.26. The van der Waals surface area contributed by atoms with Gasteiger partial charge in [0.1, 0.15) is 11.5 Å². The Hall–Kier alpha value is -3.15. The Morgan fingerprint density at radius 2 is 1.96 bits per heavy atom. The van der Waals surface area contributed by atoms with E-state index in [0.29, 0.717) is 12.2 Å². The van der Waals surface area contributed by atoms with E-state index < -0.39 is 0 Å². The molecule has 6 nitrogen and oxygen atoms in total. The summed E-state index contributed by atoms with van der Waals surface area (Å²) in [5.41, 5.74) is 2.61. The molecule has 0 fully saturated rings. The van der Waals surface area contributed by atoms with Gasteiger partial charge in [-0.2, -0.15) is 5.10 Å². The maximum Gasteiger partial charge on any atom is 0.269 e. The van der Waals surface area contributed by atoms with Crippen molar-refractivity contribution in [2.45, 2.75) is 13.1 Å². The van der Waals surface area contributed by atoms with E-state index in [1.807, 2.05) is 37.4 Å². The van der Waals surface area contributed by atoms with Gasteiger partial charge in [0, 0.05) is 38.1 Å². The average Bonchev–Trinajstić information content (AvgIpc) is 3.15. The van der Waals surface area contributed by atoms with Crippen molar-refractivity contribution in [3.05, 3.63) is 77.7 Å². The normalized spacial score (nSPS) is 10.4. The molecule has 0 aliphatic carbocycles. The number of hydrogen-bond donors (Lipinski definition) is 2. The van der Waals surface area contributed by atoms with Gasteiger partial charge in [0.25, 0.3) is 5.91 Å². The van der Waals surface area contributed by atoms with Crippen LogP contribution in [0.15, 0.2) is 60.9 Å². The molecule has 6 heteroatoms. The predicted octanol–water partition coefficient (Wildman–Crippen LogP) is 2.37. The molecule has 0 aliphatic heterocycles. The summed E-state index contributed by atoms with van der Waals surface area (Å²) in [6.45, 7) is 1.15. The fraction of sp³-hybridized carbons (Fsp3) is 0.167. The second-order valence-corrected chi connectivity index (χ2v) is 5.48. The van der Waals surface area contributed by atoms with Gasteiger partial charge in [0.2, 0.25) is 0 Å². The van der Waals surface area contributed by atoms with Crippen LogP contribution in [-0.4, -0.2) is 28.1 Å². The highest BCUT2D eigenvalue weighted by Crippen LogP contribution is 2.18. The highest BCUT2D eigenvalue weighted by atomic mass is 16.1. The van der Waals surface area contributed by atoms with E-state index in [2.05, 4.69) is 37.5 Å². The quantitative estimate of drug-likeness (QED) is 0.731. The highest BCUT2D eigenvalue weighted by molar-refractivity contribution is 5.92. The number of hydrogen-bond acceptors (Lipinski definition) is 4. The number of nitrogens with zero attached hydrogens (tertiary/aromatic N) is 3. The van der Waals surface area contributed by atoms with Crippen LogP contribution in [0.2, 0.25) is 0 Å². The Labute approximate surface area is 140 Å².